The standard InChI is InChI=1S/C23H29N3O3.C18H21N3O.ClH/c1-14-10-16(6-7-18(14)13-25-22(28)29-23(3,4)5)17-8-9-24-20(12-17)26-21(27)19-11-15(19)2;1-11-7-13(3-4-15(11)10-19)14-5-6-20-17(9-14)21-18(22)16-8-12(16)2;/h6-10,12,15,19H,11,13H2,1-5H3,(H,25,28)(H,24,26,27);3-7,9,12,16H,8,10,19H2,1-2H3,(H,20,21,22);1H/t15-,19-;12-,16-;/m00./s1. The van der Waals surface area contributed by atoms with Crippen LogP contribution in [0.25, 0.3) is 22.3 Å². The van der Waals surface area contributed by atoms with E-state index in [1.807, 2.05) is 64.1 Å². The van der Waals surface area contributed by atoms with Gasteiger partial charge in [-0.15, -0.1) is 12.4 Å². The Morgan fingerprint density at radius 3 is 1.54 bits per heavy atom. The summed E-state index contributed by atoms with van der Waals surface area (Å²) in [5.74, 6) is 2.52. The van der Waals surface area contributed by atoms with Crippen LogP contribution in [0.2, 0.25) is 0 Å². The molecule has 4 atom stereocenters. The zero-order valence-electron chi connectivity index (χ0n) is 31.1. The van der Waals surface area contributed by atoms with E-state index < -0.39 is 11.7 Å². The maximum absolute atomic E-state index is 12.1. The summed E-state index contributed by atoms with van der Waals surface area (Å²) in [6.45, 7) is 14.7. The SMILES string of the molecule is Cc1cc(-c2ccnc(NC(=O)[C@H]3C[C@@H]3C)c2)ccc1CN.Cc1cc(-c2ccnc(NC(=O)[C@H]3C[C@@H]3C)c2)ccc1CNC(=O)OC(C)(C)C.Cl. The molecular formula is C41H51ClN6O4. The molecule has 0 unspecified atom stereocenters. The van der Waals surface area contributed by atoms with Crippen LogP contribution in [0.5, 0.6) is 0 Å². The van der Waals surface area contributed by atoms with Gasteiger partial charge in [-0.05, 0) is 128 Å². The first kappa shape index (κ1) is 40.0. The third kappa shape index (κ3) is 11.1. The summed E-state index contributed by atoms with van der Waals surface area (Å²) in [5, 5.41) is 8.61. The van der Waals surface area contributed by atoms with Crippen LogP contribution in [0.3, 0.4) is 0 Å². The highest BCUT2D eigenvalue weighted by Crippen LogP contribution is 2.39. The van der Waals surface area contributed by atoms with Crippen molar-refractivity contribution in [2.75, 3.05) is 10.6 Å². The normalized spacial score (nSPS) is 18.5. The molecule has 3 amide bonds. The second kappa shape index (κ2) is 17.1. The molecule has 2 heterocycles. The Hall–Kier alpha value is -4.80. The number of ether oxygens (including phenoxy) is 1. The van der Waals surface area contributed by atoms with Crippen LogP contribution in [-0.2, 0) is 27.4 Å². The molecule has 6 rings (SSSR count). The lowest BCUT2D eigenvalue weighted by Crippen LogP contribution is -2.32. The van der Waals surface area contributed by atoms with Crippen LogP contribution in [0.15, 0.2) is 73.1 Å². The number of carbonyl (C=O) groups excluding carboxylic acids is 3. The van der Waals surface area contributed by atoms with Crippen molar-refractivity contribution < 1.29 is 19.1 Å². The van der Waals surface area contributed by atoms with E-state index in [-0.39, 0.29) is 36.1 Å². The average molecular weight is 727 g/mol. The Kier molecular flexibility index (Phi) is 13.2. The fourth-order valence-corrected chi connectivity index (χ4v) is 5.83. The Balaban J connectivity index is 0.000000236. The maximum Gasteiger partial charge on any atom is 0.407 e. The first-order valence-electron chi connectivity index (χ1n) is 17.6. The molecule has 0 spiro atoms. The summed E-state index contributed by atoms with van der Waals surface area (Å²) in [6, 6.07) is 20.0. The van der Waals surface area contributed by atoms with Gasteiger partial charge in [0.2, 0.25) is 11.8 Å². The van der Waals surface area contributed by atoms with Crippen molar-refractivity contribution in [1.29, 1.82) is 0 Å². The van der Waals surface area contributed by atoms with Gasteiger partial charge in [-0.25, -0.2) is 14.8 Å². The third-order valence-electron chi connectivity index (χ3n) is 9.31. The number of aryl methyl sites for hydroxylation is 2. The number of nitrogens with one attached hydrogen (secondary N) is 3. The van der Waals surface area contributed by atoms with Gasteiger partial charge in [0.05, 0.1) is 0 Å². The van der Waals surface area contributed by atoms with Crippen LogP contribution < -0.4 is 21.7 Å². The van der Waals surface area contributed by atoms with Crippen LogP contribution in [-0.4, -0.2) is 33.5 Å². The molecule has 2 aromatic carbocycles. The molecule has 2 aliphatic rings. The summed E-state index contributed by atoms with van der Waals surface area (Å²) in [4.78, 5) is 44.5. The molecule has 5 N–H and O–H groups in total. The van der Waals surface area contributed by atoms with Crippen molar-refractivity contribution in [3.63, 3.8) is 0 Å². The van der Waals surface area contributed by atoms with Crippen molar-refractivity contribution in [2.24, 2.45) is 29.4 Å². The number of hydrogen-bond acceptors (Lipinski definition) is 7. The van der Waals surface area contributed by atoms with Gasteiger partial charge in [0, 0.05) is 37.3 Å². The molecule has 2 fully saturated rings. The van der Waals surface area contributed by atoms with Crippen molar-refractivity contribution in [2.45, 2.75) is 80.0 Å². The van der Waals surface area contributed by atoms with Gasteiger partial charge in [-0.2, -0.15) is 0 Å². The lowest BCUT2D eigenvalue weighted by atomic mass is 10.0. The third-order valence-corrected chi connectivity index (χ3v) is 9.31. The van der Waals surface area contributed by atoms with Gasteiger partial charge in [-0.3, -0.25) is 9.59 Å². The molecule has 2 saturated carbocycles. The van der Waals surface area contributed by atoms with E-state index in [2.05, 4.69) is 71.0 Å². The van der Waals surface area contributed by atoms with Crippen molar-refractivity contribution >= 4 is 42.0 Å². The molecule has 4 aromatic rings. The molecule has 11 heteroatoms. The first-order valence-corrected chi connectivity index (χ1v) is 17.6. The molecule has 0 radical (unpaired) electrons. The minimum absolute atomic E-state index is 0. The summed E-state index contributed by atoms with van der Waals surface area (Å²) < 4.78 is 5.27. The topological polar surface area (TPSA) is 148 Å². The van der Waals surface area contributed by atoms with E-state index in [1.54, 1.807) is 12.4 Å². The fourth-order valence-electron chi connectivity index (χ4n) is 5.83. The Labute approximate surface area is 313 Å². The molecule has 2 aromatic heterocycles. The van der Waals surface area contributed by atoms with E-state index >= 15 is 0 Å². The number of pyridine rings is 2. The molecule has 0 bridgehead atoms. The number of rotatable bonds is 9. The fraction of sp³-hybridized carbons (Fsp3) is 0.390. The van der Waals surface area contributed by atoms with Crippen LogP contribution >= 0.6 is 12.4 Å². The molecular weight excluding hydrogens is 676 g/mol. The highest BCUT2D eigenvalue weighted by molar-refractivity contribution is 5.94. The number of anilines is 2. The Bertz CT molecular complexity index is 1910. The quantitative estimate of drug-likeness (QED) is 0.136. The van der Waals surface area contributed by atoms with E-state index in [1.165, 1.54) is 5.56 Å². The number of aromatic nitrogens is 2. The number of hydrogen-bond donors (Lipinski definition) is 4. The number of nitrogens with zero attached hydrogens (tertiary/aromatic N) is 2. The number of alkyl carbamates (subject to hydrolysis) is 1. The zero-order valence-corrected chi connectivity index (χ0v) is 31.9. The van der Waals surface area contributed by atoms with Crippen molar-refractivity contribution in [1.82, 2.24) is 15.3 Å². The first-order chi connectivity index (χ1) is 24.2. The van der Waals surface area contributed by atoms with E-state index in [0.717, 1.165) is 51.8 Å². The second-order valence-electron chi connectivity index (χ2n) is 14.8. The molecule has 0 saturated heterocycles. The monoisotopic (exact) mass is 726 g/mol. The van der Waals surface area contributed by atoms with E-state index in [4.69, 9.17) is 10.5 Å². The maximum atomic E-state index is 12.1. The summed E-state index contributed by atoms with van der Waals surface area (Å²) >= 11 is 0. The summed E-state index contributed by atoms with van der Waals surface area (Å²) in [5.41, 5.74) is 13.7. The van der Waals surface area contributed by atoms with Crippen molar-refractivity contribution in [3.05, 3.63) is 95.3 Å². The predicted molar refractivity (Wildman–Crippen MR) is 209 cm³/mol. The molecule has 52 heavy (non-hydrogen) atoms. The number of benzene rings is 2. The van der Waals surface area contributed by atoms with Crippen molar-refractivity contribution in [3.8, 4) is 22.3 Å². The van der Waals surface area contributed by atoms with Gasteiger partial charge in [-0.1, -0.05) is 50.2 Å². The average Bonchev–Trinajstić information content (AvgIpc) is 4.01. The molecule has 2 aliphatic carbocycles. The number of amides is 3. The van der Waals surface area contributed by atoms with Crippen LogP contribution in [0.1, 0.15) is 69.7 Å². The minimum atomic E-state index is -0.519. The lowest BCUT2D eigenvalue weighted by Gasteiger charge is -2.20. The predicted octanol–water partition coefficient (Wildman–Crippen LogP) is 8.21. The van der Waals surface area contributed by atoms with Gasteiger partial charge in [0.15, 0.2) is 0 Å². The largest absolute Gasteiger partial charge is 0.444 e. The van der Waals surface area contributed by atoms with Crippen LogP contribution in [0.4, 0.5) is 16.4 Å². The van der Waals surface area contributed by atoms with Gasteiger partial charge >= 0.3 is 6.09 Å². The lowest BCUT2D eigenvalue weighted by molar-refractivity contribution is -0.118. The Morgan fingerprint density at radius 1 is 0.731 bits per heavy atom. The van der Waals surface area contributed by atoms with Gasteiger partial charge < -0.3 is 26.4 Å². The van der Waals surface area contributed by atoms with E-state index in [0.29, 0.717) is 36.6 Å². The smallest absolute Gasteiger partial charge is 0.407 e. The molecule has 0 aliphatic heterocycles. The number of halogens is 1. The highest BCUT2D eigenvalue weighted by Gasteiger charge is 2.40. The zero-order chi connectivity index (χ0) is 36.9. The van der Waals surface area contributed by atoms with Gasteiger partial charge in [0.25, 0.3) is 0 Å². The van der Waals surface area contributed by atoms with E-state index in [9.17, 15) is 14.4 Å². The van der Waals surface area contributed by atoms with Crippen LogP contribution in [0, 0.1) is 37.5 Å². The number of nitrogens with two attached hydrogens (primary N) is 1. The van der Waals surface area contributed by atoms with Gasteiger partial charge in [0.1, 0.15) is 17.2 Å². The Morgan fingerprint density at radius 2 is 1.15 bits per heavy atom. The highest BCUT2D eigenvalue weighted by atomic mass is 35.5. The molecule has 10 nitrogen and oxygen atoms in total. The minimum Gasteiger partial charge on any atom is -0.444 e. The second-order valence-corrected chi connectivity index (χ2v) is 14.8. The number of carbonyl (C=O) groups is 3. The molecule has 276 valence electrons. The summed E-state index contributed by atoms with van der Waals surface area (Å²) in [6.07, 6.45) is 4.93. The summed E-state index contributed by atoms with van der Waals surface area (Å²) in [7, 11) is 0.